The molecule has 1 aromatic rings. The highest BCUT2D eigenvalue weighted by molar-refractivity contribution is 6.03. The Labute approximate surface area is 86.0 Å². The summed E-state index contributed by atoms with van der Waals surface area (Å²) in [4.78, 5) is 0. The van der Waals surface area contributed by atoms with Gasteiger partial charge < -0.3 is 5.43 Å². The standard InChI is InChI=1S/C12H18N2/c1-12(2,3)11(14-13-4)10-8-6-5-7-9-10/h5-9,13H,1-4H3. The molecule has 0 aliphatic heterocycles. The van der Waals surface area contributed by atoms with Crippen LogP contribution < -0.4 is 5.43 Å². The van der Waals surface area contributed by atoms with E-state index in [1.54, 1.807) is 0 Å². The third-order valence-corrected chi connectivity index (χ3v) is 1.98. The van der Waals surface area contributed by atoms with Gasteiger partial charge in [-0.2, -0.15) is 5.10 Å². The molecule has 0 saturated carbocycles. The van der Waals surface area contributed by atoms with Crippen molar-refractivity contribution in [1.29, 1.82) is 0 Å². The number of nitrogens with zero attached hydrogens (tertiary/aromatic N) is 1. The molecule has 0 heterocycles. The molecule has 0 aromatic heterocycles. The third-order valence-electron chi connectivity index (χ3n) is 1.98. The van der Waals surface area contributed by atoms with Gasteiger partial charge in [-0.15, -0.1) is 0 Å². The Balaban J connectivity index is 3.09. The molecule has 0 amide bonds. The Morgan fingerprint density at radius 1 is 1.14 bits per heavy atom. The molecule has 76 valence electrons. The Bertz CT molecular complexity index is 307. The molecule has 0 aliphatic carbocycles. The lowest BCUT2D eigenvalue weighted by molar-refractivity contribution is 0.584. The van der Waals surface area contributed by atoms with Gasteiger partial charge >= 0.3 is 0 Å². The summed E-state index contributed by atoms with van der Waals surface area (Å²) in [6.07, 6.45) is 0. The van der Waals surface area contributed by atoms with E-state index in [0.29, 0.717) is 0 Å². The Kier molecular flexibility index (Phi) is 3.28. The van der Waals surface area contributed by atoms with Crippen molar-refractivity contribution in [2.75, 3.05) is 7.05 Å². The first-order valence-electron chi connectivity index (χ1n) is 4.86. The summed E-state index contributed by atoms with van der Waals surface area (Å²) in [6.45, 7) is 6.49. The Morgan fingerprint density at radius 2 is 1.71 bits per heavy atom. The number of nitrogens with one attached hydrogen (secondary N) is 1. The van der Waals surface area contributed by atoms with Crippen LogP contribution in [0.4, 0.5) is 0 Å². The summed E-state index contributed by atoms with van der Waals surface area (Å²) in [5.41, 5.74) is 5.18. The second-order valence-electron chi connectivity index (χ2n) is 4.30. The van der Waals surface area contributed by atoms with E-state index in [4.69, 9.17) is 0 Å². The van der Waals surface area contributed by atoms with Crippen LogP contribution >= 0.6 is 0 Å². The molecule has 0 atom stereocenters. The summed E-state index contributed by atoms with van der Waals surface area (Å²) in [5.74, 6) is 0. The van der Waals surface area contributed by atoms with E-state index >= 15 is 0 Å². The molecule has 0 aliphatic rings. The zero-order chi connectivity index (χ0) is 10.6. The molecule has 0 unspecified atom stereocenters. The molecule has 2 heteroatoms. The highest BCUT2D eigenvalue weighted by Crippen LogP contribution is 2.21. The Hall–Kier alpha value is -1.31. The highest BCUT2D eigenvalue weighted by atomic mass is 15.3. The van der Waals surface area contributed by atoms with Crippen LogP contribution in [0, 0.1) is 5.41 Å². The fraction of sp³-hybridized carbons (Fsp3) is 0.417. The van der Waals surface area contributed by atoms with Crippen molar-refractivity contribution in [2.45, 2.75) is 20.8 Å². The first kappa shape index (κ1) is 10.8. The molecule has 0 bridgehead atoms. The van der Waals surface area contributed by atoms with Crippen molar-refractivity contribution in [2.24, 2.45) is 10.5 Å². The lowest BCUT2D eigenvalue weighted by Gasteiger charge is -2.21. The normalized spacial score (nSPS) is 12.7. The molecule has 0 fully saturated rings. The molecule has 0 spiro atoms. The van der Waals surface area contributed by atoms with Crippen LogP contribution in [-0.2, 0) is 0 Å². The van der Waals surface area contributed by atoms with E-state index in [1.165, 1.54) is 5.56 Å². The van der Waals surface area contributed by atoms with E-state index in [0.717, 1.165) is 5.71 Å². The highest BCUT2D eigenvalue weighted by Gasteiger charge is 2.20. The van der Waals surface area contributed by atoms with Gasteiger partial charge in [0.1, 0.15) is 0 Å². The van der Waals surface area contributed by atoms with Gasteiger partial charge in [0.05, 0.1) is 5.71 Å². The number of rotatable bonds is 2. The van der Waals surface area contributed by atoms with E-state index in [1.807, 2.05) is 25.2 Å². The molecule has 1 rings (SSSR count). The van der Waals surface area contributed by atoms with Crippen LogP contribution in [0.1, 0.15) is 26.3 Å². The molecule has 1 aromatic carbocycles. The fourth-order valence-electron chi connectivity index (χ4n) is 1.37. The van der Waals surface area contributed by atoms with E-state index in [2.05, 4.69) is 43.4 Å². The fourth-order valence-corrected chi connectivity index (χ4v) is 1.37. The minimum absolute atomic E-state index is 0.0599. The van der Waals surface area contributed by atoms with Gasteiger partial charge in [-0.25, -0.2) is 0 Å². The van der Waals surface area contributed by atoms with Crippen LogP contribution in [0.25, 0.3) is 0 Å². The van der Waals surface area contributed by atoms with Gasteiger partial charge in [-0.05, 0) is 5.56 Å². The largest absolute Gasteiger partial charge is 0.313 e. The van der Waals surface area contributed by atoms with Crippen LogP contribution in [-0.4, -0.2) is 12.8 Å². The summed E-state index contributed by atoms with van der Waals surface area (Å²) >= 11 is 0. The topological polar surface area (TPSA) is 24.4 Å². The van der Waals surface area contributed by atoms with Crippen molar-refractivity contribution < 1.29 is 0 Å². The van der Waals surface area contributed by atoms with Crippen LogP contribution in [0.2, 0.25) is 0 Å². The first-order chi connectivity index (χ1) is 6.55. The molecular formula is C12H18N2. The molecule has 14 heavy (non-hydrogen) atoms. The van der Waals surface area contributed by atoms with Crippen LogP contribution in [0.15, 0.2) is 35.4 Å². The first-order valence-corrected chi connectivity index (χ1v) is 4.86. The van der Waals surface area contributed by atoms with Gasteiger partial charge in [0.2, 0.25) is 0 Å². The van der Waals surface area contributed by atoms with E-state index < -0.39 is 0 Å². The van der Waals surface area contributed by atoms with Gasteiger partial charge in [0, 0.05) is 12.5 Å². The van der Waals surface area contributed by atoms with Crippen LogP contribution in [0.3, 0.4) is 0 Å². The maximum atomic E-state index is 4.33. The van der Waals surface area contributed by atoms with Crippen molar-refractivity contribution in [3.8, 4) is 0 Å². The SMILES string of the molecule is CNN=C(c1ccccc1)C(C)(C)C. The van der Waals surface area contributed by atoms with Crippen LogP contribution in [0.5, 0.6) is 0 Å². The van der Waals surface area contributed by atoms with E-state index in [9.17, 15) is 0 Å². The lowest BCUT2D eigenvalue weighted by Crippen LogP contribution is -2.23. The molecule has 0 saturated heterocycles. The van der Waals surface area contributed by atoms with Crippen molar-refractivity contribution in [1.82, 2.24) is 5.43 Å². The molecule has 2 nitrogen and oxygen atoms in total. The zero-order valence-corrected chi connectivity index (χ0v) is 9.33. The molecular weight excluding hydrogens is 172 g/mol. The monoisotopic (exact) mass is 190 g/mol. The second-order valence-corrected chi connectivity index (χ2v) is 4.30. The average molecular weight is 190 g/mol. The van der Waals surface area contributed by atoms with Crippen molar-refractivity contribution in [3.63, 3.8) is 0 Å². The summed E-state index contributed by atoms with van der Waals surface area (Å²) in [7, 11) is 1.83. The van der Waals surface area contributed by atoms with Gasteiger partial charge in [0.15, 0.2) is 0 Å². The van der Waals surface area contributed by atoms with Gasteiger partial charge in [-0.3, -0.25) is 0 Å². The minimum Gasteiger partial charge on any atom is -0.313 e. The average Bonchev–Trinajstić information content (AvgIpc) is 2.14. The van der Waals surface area contributed by atoms with Gasteiger partial charge in [0.25, 0.3) is 0 Å². The van der Waals surface area contributed by atoms with Crippen molar-refractivity contribution in [3.05, 3.63) is 35.9 Å². The second kappa shape index (κ2) is 4.27. The molecule has 1 N–H and O–H groups in total. The molecule has 0 radical (unpaired) electrons. The van der Waals surface area contributed by atoms with Crippen molar-refractivity contribution >= 4 is 5.71 Å². The maximum Gasteiger partial charge on any atom is 0.0728 e. The predicted octanol–water partition coefficient (Wildman–Crippen LogP) is 2.66. The number of hydrogen-bond acceptors (Lipinski definition) is 2. The quantitative estimate of drug-likeness (QED) is 0.562. The van der Waals surface area contributed by atoms with E-state index in [-0.39, 0.29) is 5.41 Å². The minimum atomic E-state index is 0.0599. The van der Waals surface area contributed by atoms with Gasteiger partial charge in [-0.1, -0.05) is 51.1 Å². The maximum absolute atomic E-state index is 4.33. The smallest absolute Gasteiger partial charge is 0.0728 e. The summed E-state index contributed by atoms with van der Waals surface area (Å²) in [5, 5.41) is 4.33. The predicted molar refractivity (Wildman–Crippen MR) is 61.5 cm³/mol. The third kappa shape index (κ3) is 2.59. The number of benzene rings is 1. The lowest BCUT2D eigenvalue weighted by atomic mass is 9.86. The zero-order valence-electron chi connectivity index (χ0n) is 9.33. The summed E-state index contributed by atoms with van der Waals surface area (Å²) in [6, 6.07) is 10.3. The number of hydrogen-bond donors (Lipinski definition) is 1. The Morgan fingerprint density at radius 3 is 2.14 bits per heavy atom. The number of hydrazone groups is 1. The summed E-state index contributed by atoms with van der Waals surface area (Å²) < 4.78 is 0.